The van der Waals surface area contributed by atoms with Crippen molar-refractivity contribution in [2.75, 3.05) is 0 Å². The standard InChI is InChI=1S/C6H5ClN2O2/c1-4-2-3-5(9(10)11)8-6(4)7/h2-3H,1H3. The number of rotatable bonds is 1. The minimum Gasteiger partial charge on any atom is -0.358 e. The van der Waals surface area contributed by atoms with E-state index in [4.69, 9.17) is 11.6 Å². The lowest BCUT2D eigenvalue weighted by Gasteiger charge is -1.92. The molecule has 1 heterocycles. The van der Waals surface area contributed by atoms with E-state index < -0.39 is 4.92 Å². The average Bonchev–Trinajstić information content (AvgIpc) is 1.94. The second-order valence-electron chi connectivity index (χ2n) is 2.03. The highest BCUT2D eigenvalue weighted by molar-refractivity contribution is 6.30. The summed E-state index contributed by atoms with van der Waals surface area (Å²) in [6, 6.07) is 2.88. The zero-order chi connectivity index (χ0) is 8.43. The Morgan fingerprint density at radius 1 is 1.64 bits per heavy atom. The van der Waals surface area contributed by atoms with Gasteiger partial charge in [0.05, 0.1) is 0 Å². The second-order valence-corrected chi connectivity index (χ2v) is 2.39. The Morgan fingerprint density at radius 3 is 2.73 bits per heavy atom. The van der Waals surface area contributed by atoms with Crippen LogP contribution in [-0.4, -0.2) is 9.91 Å². The van der Waals surface area contributed by atoms with Gasteiger partial charge >= 0.3 is 5.82 Å². The molecule has 0 aliphatic carbocycles. The van der Waals surface area contributed by atoms with Crippen molar-refractivity contribution in [1.82, 2.24) is 4.98 Å². The Bertz CT molecular complexity index is 301. The lowest BCUT2D eigenvalue weighted by Crippen LogP contribution is -1.92. The van der Waals surface area contributed by atoms with Gasteiger partial charge in [0.25, 0.3) is 0 Å². The number of aryl methyl sites for hydroxylation is 1. The van der Waals surface area contributed by atoms with Crippen molar-refractivity contribution >= 4 is 17.4 Å². The van der Waals surface area contributed by atoms with Gasteiger partial charge in [-0.05, 0) is 34.5 Å². The molecule has 0 aliphatic heterocycles. The number of hydrogen-bond acceptors (Lipinski definition) is 3. The molecule has 5 heteroatoms. The van der Waals surface area contributed by atoms with Crippen LogP contribution in [0.1, 0.15) is 5.56 Å². The maximum Gasteiger partial charge on any atom is 0.365 e. The molecular formula is C6H5ClN2O2. The van der Waals surface area contributed by atoms with E-state index in [1.54, 1.807) is 13.0 Å². The summed E-state index contributed by atoms with van der Waals surface area (Å²) in [6.07, 6.45) is 0. The van der Waals surface area contributed by atoms with Crippen LogP contribution in [0.2, 0.25) is 5.15 Å². The number of nitro groups is 1. The number of hydrogen-bond donors (Lipinski definition) is 0. The fourth-order valence-corrected chi connectivity index (χ4v) is 0.746. The fraction of sp³-hybridized carbons (Fsp3) is 0.167. The summed E-state index contributed by atoms with van der Waals surface area (Å²) >= 11 is 5.54. The molecule has 1 rings (SSSR count). The third-order valence-electron chi connectivity index (χ3n) is 1.21. The van der Waals surface area contributed by atoms with Crippen molar-refractivity contribution in [3.05, 3.63) is 33.0 Å². The molecular weight excluding hydrogens is 168 g/mol. The van der Waals surface area contributed by atoms with Gasteiger partial charge < -0.3 is 10.1 Å². The van der Waals surface area contributed by atoms with Crippen molar-refractivity contribution in [2.24, 2.45) is 0 Å². The van der Waals surface area contributed by atoms with Crippen molar-refractivity contribution in [2.45, 2.75) is 6.92 Å². The molecule has 0 radical (unpaired) electrons. The Morgan fingerprint density at radius 2 is 2.27 bits per heavy atom. The van der Waals surface area contributed by atoms with E-state index in [0.29, 0.717) is 0 Å². The van der Waals surface area contributed by atoms with Gasteiger partial charge in [0.1, 0.15) is 0 Å². The molecule has 0 unspecified atom stereocenters. The quantitative estimate of drug-likeness (QED) is 0.370. The van der Waals surface area contributed by atoms with Crippen molar-refractivity contribution in [1.29, 1.82) is 0 Å². The van der Waals surface area contributed by atoms with Crippen LogP contribution in [0.3, 0.4) is 0 Å². The monoisotopic (exact) mass is 172 g/mol. The van der Waals surface area contributed by atoms with Crippen LogP contribution in [0.5, 0.6) is 0 Å². The minimum atomic E-state index is -0.578. The highest BCUT2D eigenvalue weighted by atomic mass is 35.5. The molecule has 0 spiro atoms. The maximum atomic E-state index is 10.1. The van der Waals surface area contributed by atoms with Gasteiger partial charge in [-0.25, -0.2) is 0 Å². The zero-order valence-corrected chi connectivity index (χ0v) is 6.50. The number of nitrogens with zero attached hydrogens (tertiary/aromatic N) is 2. The first-order chi connectivity index (χ1) is 5.11. The van der Waals surface area contributed by atoms with Gasteiger partial charge in [-0.15, -0.1) is 0 Å². The molecule has 0 amide bonds. The largest absolute Gasteiger partial charge is 0.365 e. The van der Waals surface area contributed by atoms with Gasteiger partial charge in [0.15, 0.2) is 0 Å². The molecule has 1 aromatic heterocycles. The molecule has 0 saturated heterocycles. The summed E-state index contributed by atoms with van der Waals surface area (Å²) < 4.78 is 0. The molecule has 0 saturated carbocycles. The fourth-order valence-electron chi connectivity index (χ4n) is 0.596. The summed E-state index contributed by atoms with van der Waals surface area (Å²) in [6.45, 7) is 1.74. The Hall–Kier alpha value is -1.16. The molecule has 58 valence electrons. The van der Waals surface area contributed by atoms with Gasteiger partial charge in [-0.2, -0.15) is 0 Å². The Labute approximate surface area is 68.0 Å². The van der Waals surface area contributed by atoms with Crippen LogP contribution in [-0.2, 0) is 0 Å². The van der Waals surface area contributed by atoms with Gasteiger partial charge in [0, 0.05) is 11.6 Å². The lowest BCUT2D eigenvalue weighted by molar-refractivity contribution is -0.389. The molecule has 0 N–H and O–H groups in total. The van der Waals surface area contributed by atoms with Crippen LogP contribution in [0.25, 0.3) is 0 Å². The maximum absolute atomic E-state index is 10.1. The highest BCUT2D eigenvalue weighted by Crippen LogP contribution is 2.15. The average molecular weight is 173 g/mol. The third-order valence-corrected chi connectivity index (χ3v) is 1.59. The number of halogens is 1. The first kappa shape index (κ1) is 7.94. The van der Waals surface area contributed by atoms with Crippen LogP contribution in [0.15, 0.2) is 12.1 Å². The Kier molecular flexibility index (Phi) is 2.05. The molecule has 4 nitrogen and oxygen atoms in total. The van der Waals surface area contributed by atoms with E-state index in [-0.39, 0.29) is 11.0 Å². The van der Waals surface area contributed by atoms with E-state index >= 15 is 0 Å². The first-order valence-electron chi connectivity index (χ1n) is 2.89. The normalized spacial score (nSPS) is 9.64. The lowest BCUT2D eigenvalue weighted by atomic mass is 10.3. The minimum absolute atomic E-state index is 0.180. The van der Waals surface area contributed by atoms with Crippen molar-refractivity contribution in [3.8, 4) is 0 Å². The van der Waals surface area contributed by atoms with Crippen molar-refractivity contribution < 1.29 is 4.92 Å². The molecule has 1 aromatic rings. The first-order valence-corrected chi connectivity index (χ1v) is 3.26. The molecule has 0 aromatic carbocycles. The number of aromatic nitrogens is 1. The van der Waals surface area contributed by atoms with E-state index in [0.717, 1.165) is 5.56 Å². The smallest absolute Gasteiger partial charge is 0.358 e. The van der Waals surface area contributed by atoms with E-state index in [9.17, 15) is 10.1 Å². The van der Waals surface area contributed by atoms with Crippen LogP contribution in [0, 0.1) is 17.0 Å². The predicted octanol–water partition coefficient (Wildman–Crippen LogP) is 1.95. The Balaban J connectivity index is 3.15. The van der Waals surface area contributed by atoms with Gasteiger partial charge in [0.2, 0.25) is 5.15 Å². The van der Waals surface area contributed by atoms with E-state index in [2.05, 4.69) is 4.98 Å². The second kappa shape index (κ2) is 2.84. The van der Waals surface area contributed by atoms with E-state index in [1.165, 1.54) is 6.07 Å². The topological polar surface area (TPSA) is 56.0 Å². The molecule has 0 fully saturated rings. The van der Waals surface area contributed by atoms with Crippen LogP contribution >= 0.6 is 11.6 Å². The summed E-state index contributed by atoms with van der Waals surface area (Å²) in [5.74, 6) is -0.222. The summed E-state index contributed by atoms with van der Waals surface area (Å²) in [4.78, 5) is 13.1. The predicted molar refractivity (Wildman–Crippen MR) is 40.6 cm³/mol. The van der Waals surface area contributed by atoms with Gasteiger partial charge in [-0.3, -0.25) is 0 Å². The van der Waals surface area contributed by atoms with E-state index in [1.807, 2.05) is 0 Å². The third kappa shape index (κ3) is 1.65. The van der Waals surface area contributed by atoms with Gasteiger partial charge in [-0.1, -0.05) is 0 Å². The zero-order valence-electron chi connectivity index (χ0n) is 5.74. The molecule has 11 heavy (non-hydrogen) atoms. The molecule has 0 atom stereocenters. The SMILES string of the molecule is Cc1ccc([N+](=O)[O-])nc1Cl. The summed E-state index contributed by atoms with van der Waals surface area (Å²) in [7, 11) is 0. The van der Waals surface area contributed by atoms with Crippen molar-refractivity contribution in [3.63, 3.8) is 0 Å². The highest BCUT2D eigenvalue weighted by Gasteiger charge is 2.09. The van der Waals surface area contributed by atoms with Crippen LogP contribution in [0.4, 0.5) is 5.82 Å². The molecule has 0 bridgehead atoms. The summed E-state index contributed by atoms with van der Waals surface area (Å²) in [5, 5.41) is 10.3. The molecule has 0 aliphatic rings. The summed E-state index contributed by atoms with van der Waals surface area (Å²) in [5.41, 5.74) is 0.734. The van der Waals surface area contributed by atoms with Crippen LogP contribution < -0.4 is 0 Å². The number of pyridine rings is 1.